The molecule has 0 saturated heterocycles. The molecule has 1 amide bonds. The molecule has 0 N–H and O–H groups in total. The molecule has 100 valence electrons. The van der Waals surface area contributed by atoms with Crippen LogP contribution >= 0.6 is 0 Å². The van der Waals surface area contributed by atoms with Crippen molar-refractivity contribution >= 4 is 5.91 Å². The Kier molecular flexibility index (Phi) is 4.88. The van der Waals surface area contributed by atoms with Crippen molar-refractivity contribution in [2.75, 3.05) is 6.54 Å². The second-order valence-electron chi connectivity index (χ2n) is 5.07. The van der Waals surface area contributed by atoms with Gasteiger partial charge in [-0.3, -0.25) is 4.79 Å². The Balaban J connectivity index is 3.22. The molecule has 1 rings (SSSR count). The Labute approximate surface area is 109 Å². The smallest absolute Gasteiger partial charge is 0.254 e. The van der Waals surface area contributed by atoms with Gasteiger partial charge in [0.05, 0.1) is 0 Å². The van der Waals surface area contributed by atoms with E-state index in [1.54, 1.807) is 11.0 Å². The first kappa shape index (κ1) is 14.7. The highest BCUT2D eigenvalue weighted by Gasteiger charge is 2.21. The fourth-order valence-electron chi connectivity index (χ4n) is 2.12. The van der Waals surface area contributed by atoms with E-state index in [4.69, 9.17) is 0 Å². The number of carbonyl (C=O) groups excluding carboxylic acids is 1. The average Bonchev–Trinajstić information content (AvgIpc) is 2.28. The number of hydrogen-bond acceptors (Lipinski definition) is 1. The van der Waals surface area contributed by atoms with Crippen LogP contribution in [0, 0.1) is 5.82 Å². The first-order valence-corrected chi connectivity index (χ1v) is 6.48. The van der Waals surface area contributed by atoms with Crippen LogP contribution in [0.4, 0.5) is 4.39 Å². The topological polar surface area (TPSA) is 20.3 Å². The number of rotatable bonds is 4. The molecule has 0 aliphatic rings. The van der Waals surface area contributed by atoms with Gasteiger partial charge in [-0.15, -0.1) is 0 Å². The van der Waals surface area contributed by atoms with E-state index in [1.165, 1.54) is 12.1 Å². The van der Waals surface area contributed by atoms with Gasteiger partial charge in [-0.2, -0.15) is 0 Å². The Morgan fingerprint density at radius 1 is 1.28 bits per heavy atom. The van der Waals surface area contributed by atoms with E-state index < -0.39 is 0 Å². The molecule has 1 aromatic carbocycles. The molecule has 0 spiro atoms. The summed E-state index contributed by atoms with van der Waals surface area (Å²) in [4.78, 5) is 14.2. The standard InChI is InChI=1S/C15H22FNO/c1-6-17(11(4)5)15(18)14-9-12(16)7-8-13(14)10(2)3/h7-11H,6H2,1-5H3. The SMILES string of the molecule is CCN(C(=O)c1cc(F)ccc1C(C)C)C(C)C. The van der Waals surface area contributed by atoms with Gasteiger partial charge in [0.2, 0.25) is 0 Å². The van der Waals surface area contributed by atoms with E-state index in [1.807, 2.05) is 34.6 Å². The number of nitrogens with zero attached hydrogens (tertiary/aromatic N) is 1. The van der Waals surface area contributed by atoms with Gasteiger partial charge >= 0.3 is 0 Å². The van der Waals surface area contributed by atoms with Crippen molar-refractivity contribution in [3.63, 3.8) is 0 Å². The van der Waals surface area contributed by atoms with Crippen molar-refractivity contribution in [3.8, 4) is 0 Å². The van der Waals surface area contributed by atoms with Gasteiger partial charge in [-0.25, -0.2) is 4.39 Å². The molecular formula is C15H22FNO. The van der Waals surface area contributed by atoms with Gasteiger partial charge in [0, 0.05) is 18.2 Å². The normalized spacial score (nSPS) is 11.1. The van der Waals surface area contributed by atoms with Crippen molar-refractivity contribution in [2.24, 2.45) is 0 Å². The maximum Gasteiger partial charge on any atom is 0.254 e. The van der Waals surface area contributed by atoms with Crippen LogP contribution in [0.1, 0.15) is 56.5 Å². The highest BCUT2D eigenvalue weighted by atomic mass is 19.1. The summed E-state index contributed by atoms with van der Waals surface area (Å²) in [6.45, 7) is 10.5. The fourth-order valence-corrected chi connectivity index (χ4v) is 2.12. The van der Waals surface area contributed by atoms with E-state index in [0.717, 1.165) is 5.56 Å². The molecule has 0 bridgehead atoms. The van der Waals surface area contributed by atoms with Crippen LogP contribution in [0.5, 0.6) is 0 Å². The Morgan fingerprint density at radius 2 is 1.89 bits per heavy atom. The molecule has 0 heterocycles. The van der Waals surface area contributed by atoms with Crippen molar-refractivity contribution in [1.29, 1.82) is 0 Å². The summed E-state index contributed by atoms with van der Waals surface area (Å²) < 4.78 is 13.4. The summed E-state index contributed by atoms with van der Waals surface area (Å²) in [5.41, 5.74) is 1.39. The molecule has 18 heavy (non-hydrogen) atoms. The zero-order chi connectivity index (χ0) is 13.9. The molecule has 0 aliphatic carbocycles. The summed E-state index contributed by atoms with van der Waals surface area (Å²) in [5.74, 6) is -0.242. The second kappa shape index (κ2) is 5.98. The Morgan fingerprint density at radius 3 is 2.33 bits per heavy atom. The zero-order valence-electron chi connectivity index (χ0n) is 11.8. The van der Waals surface area contributed by atoms with Crippen molar-refractivity contribution in [2.45, 2.75) is 46.6 Å². The summed E-state index contributed by atoms with van der Waals surface area (Å²) in [6.07, 6.45) is 0. The number of halogens is 1. The molecule has 3 heteroatoms. The van der Waals surface area contributed by atoms with Gasteiger partial charge in [-0.05, 0) is 44.4 Å². The largest absolute Gasteiger partial charge is 0.336 e. The average molecular weight is 251 g/mol. The van der Waals surface area contributed by atoms with E-state index in [0.29, 0.717) is 12.1 Å². The van der Waals surface area contributed by atoms with Gasteiger partial charge in [0.1, 0.15) is 5.82 Å². The van der Waals surface area contributed by atoms with Gasteiger partial charge in [0.25, 0.3) is 5.91 Å². The van der Waals surface area contributed by atoms with Gasteiger partial charge in [-0.1, -0.05) is 19.9 Å². The lowest BCUT2D eigenvalue weighted by Gasteiger charge is -2.26. The van der Waals surface area contributed by atoms with E-state index in [9.17, 15) is 9.18 Å². The van der Waals surface area contributed by atoms with E-state index in [2.05, 4.69) is 0 Å². The highest BCUT2D eigenvalue weighted by Crippen LogP contribution is 2.22. The second-order valence-corrected chi connectivity index (χ2v) is 5.07. The molecule has 0 aromatic heterocycles. The maximum absolute atomic E-state index is 13.4. The molecule has 0 atom stereocenters. The van der Waals surface area contributed by atoms with Crippen LogP contribution in [0.3, 0.4) is 0 Å². The van der Waals surface area contributed by atoms with Gasteiger partial charge in [0.15, 0.2) is 0 Å². The summed E-state index contributed by atoms with van der Waals surface area (Å²) in [7, 11) is 0. The number of carbonyl (C=O) groups is 1. The van der Waals surface area contributed by atoms with Crippen molar-refractivity contribution in [1.82, 2.24) is 4.90 Å². The van der Waals surface area contributed by atoms with Crippen molar-refractivity contribution < 1.29 is 9.18 Å². The molecular weight excluding hydrogens is 229 g/mol. The van der Waals surface area contributed by atoms with E-state index >= 15 is 0 Å². The summed E-state index contributed by atoms with van der Waals surface area (Å²) in [5, 5.41) is 0. The molecule has 2 nitrogen and oxygen atoms in total. The minimum Gasteiger partial charge on any atom is -0.336 e. The number of hydrogen-bond donors (Lipinski definition) is 0. The third-order valence-corrected chi connectivity index (χ3v) is 3.09. The van der Waals surface area contributed by atoms with Crippen LogP contribution in [-0.4, -0.2) is 23.4 Å². The van der Waals surface area contributed by atoms with Crippen LogP contribution in [0.25, 0.3) is 0 Å². The molecule has 0 saturated carbocycles. The Bertz CT molecular complexity index is 427. The summed E-state index contributed by atoms with van der Waals surface area (Å²) >= 11 is 0. The number of amides is 1. The molecule has 0 radical (unpaired) electrons. The number of benzene rings is 1. The molecule has 0 aliphatic heterocycles. The fraction of sp³-hybridized carbons (Fsp3) is 0.533. The van der Waals surface area contributed by atoms with Crippen LogP contribution in [0.2, 0.25) is 0 Å². The molecule has 0 fully saturated rings. The third-order valence-electron chi connectivity index (χ3n) is 3.09. The zero-order valence-corrected chi connectivity index (χ0v) is 11.8. The molecule has 0 unspecified atom stereocenters. The Hall–Kier alpha value is -1.38. The van der Waals surface area contributed by atoms with Crippen LogP contribution < -0.4 is 0 Å². The first-order valence-electron chi connectivity index (χ1n) is 6.48. The quantitative estimate of drug-likeness (QED) is 0.796. The minimum absolute atomic E-state index is 0.0873. The lowest BCUT2D eigenvalue weighted by Crippen LogP contribution is -2.37. The van der Waals surface area contributed by atoms with Crippen LogP contribution in [0.15, 0.2) is 18.2 Å². The van der Waals surface area contributed by atoms with Gasteiger partial charge < -0.3 is 4.90 Å². The predicted molar refractivity (Wildman–Crippen MR) is 72.3 cm³/mol. The maximum atomic E-state index is 13.4. The highest BCUT2D eigenvalue weighted by molar-refractivity contribution is 5.96. The predicted octanol–water partition coefficient (Wildman–Crippen LogP) is 3.82. The molecule has 1 aromatic rings. The lowest BCUT2D eigenvalue weighted by molar-refractivity contribution is 0.0715. The lowest BCUT2D eigenvalue weighted by atomic mass is 9.96. The first-order chi connectivity index (χ1) is 8.38. The summed E-state index contributed by atoms with van der Waals surface area (Å²) in [6, 6.07) is 4.59. The minimum atomic E-state index is -0.359. The van der Waals surface area contributed by atoms with Crippen LogP contribution in [-0.2, 0) is 0 Å². The third kappa shape index (κ3) is 3.09. The van der Waals surface area contributed by atoms with Crippen molar-refractivity contribution in [3.05, 3.63) is 35.1 Å². The van der Waals surface area contributed by atoms with E-state index in [-0.39, 0.29) is 23.7 Å². The monoisotopic (exact) mass is 251 g/mol.